The van der Waals surface area contributed by atoms with Gasteiger partial charge in [-0.1, -0.05) is 30.3 Å². The highest BCUT2D eigenvalue weighted by Gasteiger charge is 2.44. The Labute approximate surface area is 113 Å². The molecular weight excluding hydrogens is 296 g/mol. The fraction of sp³-hybridized carbons (Fsp3) is 0.214. The minimum atomic E-state index is 0.197. The second-order valence-electron chi connectivity index (χ2n) is 4.35. The number of benzene rings is 1. The molecule has 0 radical (unpaired) electrons. The first kappa shape index (κ1) is 11.2. The number of thiophene rings is 1. The summed E-state index contributed by atoms with van der Waals surface area (Å²) in [5, 5.41) is 1.97. The van der Waals surface area contributed by atoms with Gasteiger partial charge in [-0.25, -0.2) is 0 Å². The molecule has 1 aliphatic rings. The standard InChI is InChI=1S/C14H11BrOS/c15-10-6-13(17-8-10)14(16)12-7-11(12)9-4-2-1-3-5-9/h1-6,8,11-12H,7H2. The van der Waals surface area contributed by atoms with Crippen LogP contribution in [0.3, 0.4) is 0 Å². The average Bonchev–Trinajstić information content (AvgIpc) is 3.05. The third-order valence-electron chi connectivity index (χ3n) is 3.17. The number of Topliss-reactive ketones (excluding diaryl/α,β-unsaturated/α-hetero) is 1. The van der Waals surface area contributed by atoms with Gasteiger partial charge in [0.1, 0.15) is 0 Å². The Morgan fingerprint density at radius 1 is 1.29 bits per heavy atom. The van der Waals surface area contributed by atoms with E-state index < -0.39 is 0 Å². The molecule has 1 aromatic carbocycles. The molecule has 0 saturated heterocycles. The highest BCUT2D eigenvalue weighted by molar-refractivity contribution is 9.10. The van der Waals surface area contributed by atoms with Crippen LogP contribution in [-0.2, 0) is 0 Å². The van der Waals surface area contributed by atoms with E-state index >= 15 is 0 Å². The smallest absolute Gasteiger partial charge is 0.176 e. The molecule has 1 nitrogen and oxygen atoms in total. The highest BCUT2D eigenvalue weighted by atomic mass is 79.9. The molecule has 1 heterocycles. The number of hydrogen-bond acceptors (Lipinski definition) is 2. The van der Waals surface area contributed by atoms with Crippen molar-refractivity contribution in [3.63, 3.8) is 0 Å². The van der Waals surface area contributed by atoms with Gasteiger partial charge in [0, 0.05) is 15.8 Å². The molecule has 1 aliphatic carbocycles. The van der Waals surface area contributed by atoms with Gasteiger partial charge in [-0.3, -0.25) is 4.79 Å². The topological polar surface area (TPSA) is 17.1 Å². The molecule has 1 aromatic heterocycles. The second-order valence-corrected chi connectivity index (χ2v) is 6.18. The van der Waals surface area contributed by atoms with Crippen LogP contribution in [-0.4, -0.2) is 5.78 Å². The SMILES string of the molecule is O=C(c1cc(Br)cs1)C1CC1c1ccccc1. The Morgan fingerprint density at radius 3 is 2.71 bits per heavy atom. The van der Waals surface area contributed by atoms with Crippen molar-refractivity contribution >= 4 is 33.0 Å². The predicted octanol–water partition coefficient (Wildman–Crippen LogP) is 4.50. The van der Waals surface area contributed by atoms with Crippen molar-refractivity contribution in [1.29, 1.82) is 0 Å². The Balaban J connectivity index is 1.75. The van der Waals surface area contributed by atoms with Crippen LogP contribution in [0, 0.1) is 5.92 Å². The Hall–Kier alpha value is -0.930. The summed E-state index contributed by atoms with van der Waals surface area (Å²) in [4.78, 5) is 13.1. The van der Waals surface area contributed by atoms with Crippen LogP contribution in [0.5, 0.6) is 0 Å². The second kappa shape index (κ2) is 4.39. The van der Waals surface area contributed by atoms with E-state index in [4.69, 9.17) is 0 Å². The molecule has 1 saturated carbocycles. The normalized spacial score (nSPS) is 22.4. The first-order chi connectivity index (χ1) is 8.25. The molecule has 0 amide bonds. The summed E-state index contributed by atoms with van der Waals surface area (Å²) in [5.41, 5.74) is 1.29. The number of carbonyl (C=O) groups excluding carboxylic acids is 1. The van der Waals surface area contributed by atoms with Crippen LogP contribution in [0.1, 0.15) is 27.6 Å². The van der Waals surface area contributed by atoms with Crippen LogP contribution >= 0.6 is 27.3 Å². The van der Waals surface area contributed by atoms with Crippen molar-refractivity contribution in [3.05, 3.63) is 56.7 Å². The van der Waals surface area contributed by atoms with Crippen molar-refractivity contribution in [2.24, 2.45) is 5.92 Å². The van der Waals surface area contributed by atoms with E-state index in [-0.39, 0.29) is 5.92 Å². The molecule has 2 atom stereocenters. The zero-order valence-corrected chi connectivity index (χ0v) is 11.5. The van der Waals surface area contributed by atoms with Gasteiger partial charge in [-0.15, -0.1) is 11.3 Å². The van der Waals surface area contributed by atoms with Crippen molar-refractivity contribution in [2.45, 2.75) is 12.3 Å². The van der Waals surface area contributed by atoms with Crippen LogP contribution in [0.4, 0.5) is 0 Å². The van der Waals surface area contributed by atoms with Crippen LogP contribution in [0.15, 0.2) is 46.3 Å². The summed E-state index contributed by atoms with van der Waals surface area (Å²) in [6.07, 6.45) is 0.998. The number of halogens is 1. The van der Waals surface area contributed by atoms with Gasteiger partial charge < -0.3 is 0 Å². The lowest BCUT2D eigenvalue weighted by Crippen LogP contribution is -2.00. The van der Waals surface area contributed by atoms with Gasteiger partial charge >= 0.3 is 0 Å². The Bertz CT molecular complexity index is 546. The molecule has 0 aliphatic heterocycles. The number of hydrogen-bond donors (Lipinski definition) is 0. The monoisotopic (exact) mass is 306 g/mol. The van der Waals surface area contributed by atoms with E-state index in [1.165, 1.54) is 16.9 Å². The van der Waals surface area contributed by atoms with E-state index in [2.05, 4.69) is 28.1 Å². The Kier molecular flexibility index (Phi) is 2.89. The van der Waals surface area contributed by atoms with E-state index in [1.807, 2.05) is 29.6 Å². The minimum absolute atomic E-state index is 0.197. The van der Waals surface area contributed by atoms with Crippen molar-refractivity contribution in [1.82, 2.24) is 0 Å². The lowest BCUT2D eigenvalue weighted by molar-refractivity contribution is 0.0969. The molecule has 17 heavy (non-hydrogen) atoms. The predicted molar refractivity (Wildman–Crippen MR) is 73.6 cm³/mol. The maximum atomic E-state index is 12.2. The maximum absolute atomic E-state index is 12.2. The molecule has 0 bridgehead atoms. The van der Waals surface area contributed by atoms with Crippen LogP contribution in [0.2, 0.25) is 0 Å². The average molecular weight is 307 g/mol. The lowest BCUT2D eigenvalue weighted by Gasteiger charge is -1.98. The van der Waals surface area contributed by atoms with Gasteiger partial charge in [-0.2, -0.15) is 0 Å². The molecule has 2 unspecified atom stereocenters. The summed E-state index contributed by atoms with van der Waals surface area (Å²) in [6, 6.07) is 12.2. The lowest BCUT2D eigenvalue weighted by atomic mass is 10.1. The van der Waals surface area contributed by atoms with E-state index in [9.17, 15) is 4.79 Å². The number of ketones is 1. The summed E-state index contributed by atoms with van der Waals surface area (Å²) in [7, 11) is 0. The molecular formula is C14H11BrOS. The molecule has 0 N–H and O–H groups in total. The largest absolute Gasteiger partial charge is 0.293 e. The van der Waals surface area contributed by atoms with E-state index in [0.29, 0.717) is 11.7 Å². The van der Waals surface area contributed by atoms with E-state index in [1.54, 1.807) is 0 Å². The fourth-order valence-electron chi connectivity index (χ4n) is 2.18. The first-order valence-corrected chi connectivity index (χ1v) is 7.26. The quantitative estimate of drug-likeness (QED) is 0.763. The molecule has 2 aromatic rings. The van der Waals surface area contributed by atoms with Gasteiger partial charge in [0.05, 0.1) is 4.88 Å². The van der Waals surface area contributed by atoms with Gasteiger partial charge in [-0.05, 0) is 39.9 Å². The van der Waals surface area contributed by atoms with Crippen LogP contribution < -0.4 is 0 Å². The Morgan fingerprint density at radius 2 is 2.06 bits per heavy atom. The zero-order valence-electron chi connectivity index (χ0n) is 9.10. The number of rotatable bonds is 3. The molecule has 1 fully saturated rings. The van der Waals surface area contributed by atoms with Crippen molar-refractivity contribution in [2.75, 3.05) is 0 Å². The van der Waals surface area contributed by atoms with Crippen LogP contribution in [0.25, 0.3) is 0 Å². The summed E-state index contributed by atoms with van der Waals surface area (Å²) >= 11 is 4.91. The minimum Gasteiger partial charge on any atom is -0.293 e. The molecule has 3 rings (SSSR count). The highest BCUT2D eigenvalue weighted by Crippen LogP contribution is 2.49. The van der Waals surface area contributed by atoms with Gasteiger partial charge in [0.15, 0.2) is 5.78 Å². The molecule has 3 heteroatoms. The van der Waals surface area contributed by atoms with E-state index in [0.717, 1.165) is 15.8 Å². The van der Waals surface area contributed by atoms with Crippen molar-refractivity contribution < 1.29 is 4.79 Å². The molecule has 0 spiro atoms. The fourth-order valence-corrected chi connectivity index (χ4v) is 3.61. The maximum Gasteiger partial charge on any atom is 0.176 e. The first-order valence-electron chi connectivity index (χ1n) is 5.59. The third kappa shape index (κ3) is 2.22. The summed E-state index contributed by atoms with van der Waals surface area (Å²) in [6.45, 7) is 0. The van der Waals surface area contributed by atoms with Crippen molar-refractivity contribution in [3.8, 4) is 0 Å². The number of carbonyl (C=O) groups is 1. The third-order valence-corrected chi connectivity index (χ3v) is 4.87. The molecule has 86 valence electrons. The van der Waals surface area contributed by atoms with Gasteiger partial charge in [0.25, 0.3) is 0 Å². The summed E-state index contributed by atoms with van der Waals surface area (Å²) < 4.78 is 1.00. The zero-order chi connectivity index (χ0) is 11.8. The summed E-state index contributed by atoms with van der Waals surface area (Å²) in [5.74, 6) is 0.932. The van der Waals surface area contributed by atoms with Gasteiger partial charge in [0.2, 0.25) is 0 Å².